The van der Waals surface area contributed by atoms with Crippen LogP contribution in [-0.4, -0.2) is 51.8 Å². The minimum absolute atomic E-state index is 0.0877. The number of alkyl halides is 4. The van der Waals surface area contributed by atoms with E-state index in [1.807, 2.05) is 6.92 Å². The first-order valence-corrected chi connectivity index (χ1v) is 11.1. The van der Waals surface area contributed by atoms with E-state index in [1.54, 1.807) is 0 Å². The van der Waals surface area contributed by atoms with Crippen LogP contribution in [0.1, 0.15) is 52.9 Å². The zero-order valence-electron chi connectivity index (χ0n) is 16.5. The summed E-state index contributed by atoms with van der Waals surface area (Å²) in [5, 5.41) is 22.7. The van der Waals surface area contributed by atoms with Crippen molar-refractivity contribution >= 4 is 15.9 Å². The van der Waals surface area contributed by atoms with Crippen molar-refractivity contribution in [3.05, 3.63) is 0 Å². The second-order valence-corrected chi connectivity index (χ2v) is 9.57. The molecule has 0 spiro atoms. The molecule has 3 rings (SSSR count). The Labute approximate surface area is 172 Å². The average molecular weight is 475 g/mol. The molecule has 0 aromatic rings. The second-order valence-electron chi connectivity index (χ2n) is 8.78. The normalized spacial score (nSPS) is 49.4. The predicted octanol–water partition coefficient (Wildman–Crippen LogP) is 3.95. The number of rotatable bonds is 4. The molecule has 0 amide bonds. The number of aliphatic hydroxyl groups is 2. The Bertz CT molecular complexity index is 574. The molecule has 2 aliphatic heterocycles. The summed E-state index contributed by atoms with van der Waals surface area (Å²) in [7, 11) is 0. The highest BCUT2D eigenvalue weighted by Gasteiger charge is 2.74. The summed E-state index contributed by atoms with van der Waals surface area (Å²) in [6.07, 6.45) is -4.27. The third-order valence-corrected chi connectivity index (χ3v) is 7.50. The molecule has 0 radical (unpaired) electrons. The Hall–Kier alpha value is 0.0700. The van der Waals surface area contributed by atoms with Gasteiger partial charge in [0.1, 0.15) is 5.60 Å². The van der Waals surface area contributed by atoms with Crippen LogP contribution in [0.5, 0.6) is 0 Å². The summed E-state index contributed by atoms with van der Waals surface area (Å²) < 4.78 is 59.3. The van der Waals surface area contributed by atoms with Crippen LogP contribution in [0, 0.1) is 23.7 Å². The molecule has 3 fully saturated rings. The molecule has 0 aromatic carbocycles. The summed E-state index contributed by atoms with van der Waals surface area (Å²) in [6.45, 7) is 4.67. The third kappa shape index (κ3) is 3.54. The molecule has 2 saturated heterocycles. The monoisotopic (exact) mass is 474 g/mol. The largest absolute Gasteiger partial charge is 0.443 e. The molecule has 164 valence electrons. The molecule has 9 heteroatoms. The van der Waals surface area contributed by atoms with Gasteiger partial charge in [0, 0.05) is 23.6 Å². The van der Waals surface area contributed by atoms with Gasteiger partial charge in [-0.3, -0.25) is 0 Å². The lowest BCUT2D eigenvalue weighted by atomic mass is 9.57. The Morgan fingerprint density at radius 1 is 1.11 bits per heavy atom. The summed E-state index contributed by atoms with van der Waals surface area (Å²) in [5.74, 6) is -6.64. The van der Waals surface area contributed by atoms with Gasteiger partial charge < -0.3 is 24.4 Å². The molecule has 0 bridgehead atoms. The minimum Gasteiger partial charge on any atom is -0.384 e. The van der Waals surface area contributed by atoms with Gasteiger partial charge in [-0.1, -0.05) is 29.8 Å². The van der Waals surface area contributed by atoms with E-state index in [2.05, 4.69) is 15.9 Å². The maximum Gasteiger partial charge on any atom is 0.443 e. The fourth-order valence-corrected chi connectivity index (χ4v) is 5.66. The van der Waals surface area contributed by atoms with Crippen LogP contribution < -0.4 is 0 Å². The maximum absolute atomic E-state index is 14.3. The minimum atomic E-state index is -4.82. The number of hydrogen-bond donors (Lipinski definition) is 2. The zero-order valence-corrected chi connectivity index (χ0v) is 18.1. The van der Waals surface area contributed by atoms with Crippen molar-refractivity contribution in [2.45, 2.75) is 82.5 Å². The van der Waals surface area contributed by atoms with Gasteiger partial charge in [-0.05, 0) is 44.4 Å². The third-order valence-electron chi connectivity index (χ3n) is 6.94. The first kappa shape index (κ1) is 22.7. The van der Waals surface area contributed by atoms with Gasteiger partial charge >= 0.3 is 6.18 Å². The molecule has 0 unspecified atom stereocenters. The van der Waals surface area contributed by atoms with Gasteiger partial charge in [-0.15, -0.1) is 0 Å². The number of ether oxygens (including phenoxy) is 3. The summed E-state index contributed by atoms with van der Waals surface area (Å²) in [6, 6.07) is 0. The van der Waals surface area contributed by atoms with E-state index in [0.717, 1.165) is 0 Å². The van der Waals surface area contributed by atoms with Crippen molar-refractivity contribution in [1.82, 2.24) is 0 Å². The van der Waals surface area contributed by atoms with Crippen molar-refractivity contribution in [2.24, 2.45) is 23.7 Å². The van der Waals surface area contributed by atoms with Crippen molar-refractivity contribution in [3.8, 4) is 0 Å². The predicted molar refractivity (Wildman–Crippen MR) is 98.5 cm³/mol. The van der Waals surface area contributed by atoms with Crippen LogP contribution in [0.25, 0.3) is 0 Å². The maximum atomic E-state index is 14.3. The van der Waals surface area contributed by atoms with E-state index in [-0.39, 0.29) is 24.9 Å². The van der Waals surface area contributed by atoms with Gasteiger partial charge in [-0.2, -0.15) is 13.2 Å². The molecule has 0 aromatic heterocycles. The van der Waals surface area contributed by atoms with Crippen molar-refractivity contribution in [2.75, 3.05) is 11.9 Å². The van der Waals surface area contributed by atoms with E-state index in [0.29, 0.717) is 31.0 Å². The highest BCUT2D eigenvalue weighted by atomic mass is 79.9. The zero-order chi connectivity index (χ0) is 21.0. The average Bonchev–Trinajstić information content (AvgIpc) is 2.67. The van der Waals surface area contributed by atoms with Gasteiger partial charge in [0.25, 0.3) is 5.79 Å². The summed E-state index contributed by atoms with van der Waals surface area (Å²) >= 11 is 3.20. The lowest BCUT2D eigenvalue weighted by molar-refractivity contribution is -0.495. The topological polar surface area (TPSA) is 68.2 Å². The molecule has 2 heterocycles. The van der Waals surface area contributed by atoms with Crippen LogP contribution in [0.15, 0.2) is 0 Å². The standard InChI is InChI=1S/C19H30BrF3O5/c1-11-5-6-14-12(2)18(19(21,22)23,26-10-4-9-20)28-15-17(14,25)13(11)7-8-16(3,24)27-15/h11-15,24-25H,4-10H2,1-3H3/t11-,12-,13+,14+,15+,16-,17-,18-/m1/s1. The van der Waals surface area contributed by atoms with Gasteiger partial charge in [-0.25, -0.2) is 0 Å². The van der Waals surface area contributed by atoms with Crippen LogP contribution >= 0.6 is 15.9 Å². The van der Waals surface area contributed by atoms with Gasteiger partial charge in [0.2, 0.25) is 0 Å². The quantitative estimate of drug-likeness (QED) is 0.476. The number of halogens is 4. The summed E-state index contributed by atoms with van der Waals surface area (Å²) in [4.78, 5) is 0. The molecular weight excluding hydrogens is 445 g/mol. The molecule has 2 N–H and O–H groups in total. The van der Waals surface area contributed by atoms with Crippen molar-refractivity contribution in [1.29, 1.82) is 0 Å². The van der Waals surface area contributed by atoms with Crippen LogP contribution in [0.2, 0.25) is 0 Å². The summed E-state index contributed by atoms with van der Waals surface area (Å²) in [5.41, 5.74) is -1.61. The van der Waals surface area contributed by atoms with Gasteiger partial charge in [0.05, 0.1) is 6.61 Å². The Kier molecular flexibility index (Phi) is 6.21. The van der Waals surface area contributed by atoms with E-state index in [9.17, 15) is 23.4 Å². The Morgan fingerprint density at radius 2 is 1.79 bits per heavy atom. The second kappa shape index (κ2) is 7.64. The molecule has 1 aliphatic carbocycles. The van der Waals surface area contributed by atoms with Crippen LogP contribution in [0.4, 0.5) is 13.2 Å². The Morgan fingerprint density at radius 3 is 2.39 bits per heavy atom. The number of hydrogen-bond acceptors (Lipinski definition) is 5. The van der Waals surface area contributed by atoms with E-state index in [4.69, 9.17) is 14.2 Å². The van der Waals surface area contributed by atoms with E-state index >= 15 is 0 Å². The Balaban J connectivity index is 2.07. The first-order valence-electron chi connectivity index (χ1n) is 9.96. The highest BCUT2D eigenvalue weighted by Crippen LogP contribution is 2.60. The van der Waals surface area contributed by atoms with E-state index < -0.39 is 41.5 Å². The van der Waals surface area contributed by atoms with Crippen molar-refractivity contribution in [3.63, 3.8) is 0 Å². The molecule has 28 heavy (non-hydrogen) atoms. The molecule has 5 nitrogen and oxygen atoms in total. The van der Waals surface area contributed by atoms with Crippen molar-refractivity contribution < 1.29 is 37.6 Å². The SMILES string of the molecule is C[C@@H]1CC[C@H]2[C@@H](C)[C@](OCCCBr)(C(F)(F)F)O[C@@H]3O[C@@](C)(O)CC[C@@H]1[C@]32O. The lowest BCUT2D eigenvalue weighted by Crippen LogP contribution is -2.73. The fourth-order valence-electron chi connectivity index (χ4n) is 5.43. The van der Waals surface area contributed by atoms with Crippen LogP contribution in [-0.2, 0) is 14.2 Å². The lowest BCUT2D eigenvalue weighted by Gasteiger charge is -2.60. The molecular formula is C19H30BrF3O5. The molecule has 3 aliphatic rings. The van der Waals surface area contributed by atoms with Crippen LogP contribution in [0.3, 0.4) is 0 Å². The smallest absolute Gasteiger partial charge is 0.384 e. The molecule has 1 saturated carbocycles. The van der Waals surface area contributed by atoms with E-state index in [1.165, 1.54) is 13.8 Å². The molecule has 8 atom stereocenters. The fraction of sp³-hybridized carbons (Fsp3) is 1.00. The first-order chi connectivity index (χ1) is 12.9. The van der Waals surface area contributed by atoms with Gasteiger partial charge in [0.15, 0.2) is 12.1 Å². The highest BCUT2D eigenvalue weighted by molar-refractivity contribution is 9.09.